The number of fused-ring (bicyclic) bond motifs is 11. The molecular formula is C40H50N6O7. The van der Waals surface area contributed by atoms with Crippen LogP contribution in [0.4, 0.5) is 0 Å². The van der Waals surface area contributed by atoms with Gasteiger partial charge in [0.25, 0.3) is 5.91 Å². The Bertz CT molecular complexity index is 1680. The molecule has 1 aromatic heterocycles. The van der Waals surface area contributed by atoms with E-state index in [0.717, 1.165) is 16.8 Å². The molecule has 2 bridgehead atoms. The summed E-state index contributed by atoms with van der Waals surface area (Å²) in [4.78, 5) is 78.5. The molecule has 3 amide bonds. The number of hydrogen-bond donors (Lipinski definition) is 4. The summed E-state index contributed by atoms with van der Waals surface area (Å²) in [5.74, 6) is 2.38. The lowest BCUT2D eigenvalue weighted by atomic mass is 9.81. The van der Waals surface area contributed by atoms with Crippen LogP contribution in [0, 0.1) is 17.8 Å². The molecule has 0 aliphatic carbocycles. The van der Waals surface area contributed by atoms with E-state index in [-0.39, 0.29) is 42.8 Å². The predicted molar refractivity (Wildman–Crippen MR) is 200 cm³/mol. The van der Waals surface area contributed by atoms with Crippen LogP contribution >= 0.6 is 0 Å². The van der Waals surface area contributed by atoms with Crippen molar-refractivity contribution in [2.45, 2.75) is 71.4 Å². The number of amides is 3. The summed E-state index contributed by atoms with van der Waals surface area (Å²) < 4.78 is 5.83. The molecule has 2 aromatic carbocycles. The molecule has 2 aliphatic rings. The Morgan fingerprint density at radius 2 is 1.77 bits per heavy atom. The van der Waals surface area contributed by atoms with Crippen molar-refractivity contribution >= 4 is 35.7 Å². The zero-order valence-corrected chi connectivity index (χ0v) is 30.4. The lowest BCUT2D eigenvalue weighted by molar-refractivity contribution is -0.154. The highest BCUT2D eigenvalue weighted by Crippen LogP contribution is 2.27. The van der Waals surface area contributed by atoms with Gasteiger partial charge in [0.05, 0.1) is 42.3 Å². The van der Waals surface area contributed by atoms with Crippen LogP contribution in [0.3, 0.4) is 0 Å². The van der Waals surface area contributed by atoms with Crippen molar-refractivity contribution in [2.24, 2.45) is 28.6 Å². The molecule has 2 aliphatic heterocycles. The Labute approximate surface area is 310 Å². The molecule has 0 radical (unpaired) electrons. The molecular weight excluding hydrogens is 676 g/mol. The van der Waals surface area contributed by atoms with Crippen LogP contribution in [0.25, 0.3) is 0 Å². The number of nitrogens with one attached hydrogen (secondary N) is 3. The number of aliphatic imine (C=N–C) groups is 1. The van der Waals surface area contributed by atoms with E-state index in [4.69, 9.17) is 10.6 Å². The smallest absolute Gasteiger partial charge is 0.328 e. The Hall–Kier alpha value is -5.43. The average Bonchev–Trinajstić information content (AvgIpc) is 3.16. The Morgan fingerprint density at radius 1 is 1.02 bits per heavy atom. The summed E-state index contributed by atoms with van der Waals surface area (Å²) >= 11 is 0. The monoisotopic (exact) mass is 726 g/mol. The fourth-order valence-corrected chi connectivity index (χ4v) is 6.06. The topological polar surface area (TPSA) is 191 Å². The molecule has 53 heavy (non-hydrogen) atoms. The zero-order valence-electron chi connectivity index (χ0n) is 30.4. The van der Waals surface area contributed by atoms with Crippen LogP contribution in [-0.4, -0.2) is 66.4 Å². The molecule has 5 N–H and O–H groups in total. The number of rotatable bonds is 15. The normalized spacial score (nSPS) is 17.7. The van der Waals surface area contributed by atoms with E-state index in [2.05, 4.69) is 30.8 Å². The van der Waals surface area contributed by atoms with Gasteiger partial charge in [-0.25, -0.2) is 0 Å². The largest absolute Gasteiger partial charge is 0.494 e. The highest BCUT2D eigenvalue weighted by atomic mass is 16.7. The number of ether oxygens (including phenoxy) is 1. The predicted octanol–water partition coefficient (Wildman–Crippen LogP) is 3.88. The van der Waals surface area contributed by atoms with E-state index < -0.39 is 29.8 Å². The minimum absolute atomic E-state index is 0.0741. The fourth-order valence-electron chi connectivity index (χ4n) is 6.06. The Kier molecular flexibility index (Phi) is 16.1. The van der Waals surface area contributed by atoms with Gasteiger partial charge < -0.3 is 25.5 Å². The Balaban J connectivity index is 1.25. The molecule has 13 heteroatoms. The van der Waals surface area contributed by atoms with Crippen molar-refractivity contribution in [1.82, 2.24) is 20.9 Å². The third-order valence-electron chi connectivity index (χ3n) is 8.90. The number of Topliss-reactive ketones (excluding diaryl/α,β-unsaturated/α-hetero) is 1. The van der Waals surface area contributed by atoms with Gasteiger partial charge in [-0.05, 0) is 73.4 Å². The number of hydrogen-bond acceptors (Lipinski definition) is 10. The summed E-state index contributed by atoms with van der Waals surface area (Å²) in [5, 5.41) is 8.50. The summed E-state index contributed by atoms with van der Waals surface area (Å²) in [7, 11) is 0. The van der Waals surface area contributed by atoms with Crippen molar-refractivity contribution < 1.29 is 33.5 Å². The van der Waals surface area contributed by atoms with Crippen LogP contribution < -0.4 is 26.6 Å². The third kappa shape index (κ3) is 13.6. The quantitative estimate of drug-likeness (QED) is 0.102. The number of nitrogens with two attached hydrogens (primary N) is 1. The second kappa shape index (κ2) is 21.2. The van der Waals surface area contributed by atoms with Gasteiger partial charge in [-0.3, -0.25) is 33.9 Å². The first-order valence-electron chi connectivity index (χ1n) is 18.1. The maximum atomic E-state index is 13.7. The second-order valence-corrected chi connectivity index (χ2v) is 13.5. The van der Waals surface area contributed by atoms with Gasteiger partial charge in [0.15, 0.2) is 5.78 Å². The molecule has 5 rings (SSSR count). The lowest BCUT2D eigenvalue weighted by Crippen LogP contribution is -2.48. The van der Waals surface area contributed by atoms with E-state index in [1.54, 1.807) is 30.5 Å². The van der Waals surface area contributed by atoms with Crippen molar-refractivity contribution in [3.05, 3.63) is 95.3 Å². The van der Waals surface area contributed by atoms with Gasteiger partial charge in [-0.2, -0.15) is 5.90 Å². The van der Waals surface area contributed by atoms with E-state index in [1.165, 1.54) is 6.20 Å². The summed E-state index contributed by atoms with van der Waals surface area (Å²) in [6, 6.07) is 19.6. The Morgan fingerprint density at radius 3 is 2.47 bits per heavy atom. The summed E-state index contributed by atoms with van der Waals surface area (Å²) in [6.07, 6.45) is 4.99. The lowest BCUT2D eigenvalue weighted by Gasteiger charge is -2.28. The standard InChI is InChI=1S/C40H50N6O7/c1-27(2)22-34-33(40(51)53-41)10-6-21-52-32-15-11-28(12-16-32)23-35(46-39(34)50)36(47)17-18-37(48)43-19-7-20-44-38(49)30-13-14-31(45-25-30)26-42-24-29-8-4-3-5-9-29/h3-5,8-9,11-16,24-25,27,33-35H,6-7,10,17-23,26,41H2,1-2H3,(H,43,48)(H,44,49)(H,46,50)/t33-,34+,35-/m0/s1. The third-order valence-corrected chi connectivity index (χ3v) is 8.90. The highest BCUT2D eigenvalue weighted by Gasteiger charge is 2.37. The van der Waals surface area contributed by atoms with E-state index in [9.17, 15) is 24.0 Å². The van der Waals surface area contributed by atoms with Gasteiger partial charge in [-0.1, -0.05) is 56.3 Å². The van der Waals surface area contributed by atoms with Gasteiger partial charge >= 0.3 is 5.97 Å². The molecule has 282 valence electrons. The van der Waals surface area contributed by atoms with E-state index >= 15 is 0 Å². The van der Waals surface area contributed by atoms with Crippen LogP contribution in [-0.2, 0) is 37.0 Å². The molecule has 0 spiro atoms. The minimum Gasteiger partial charge on any atom is -0.494 e. The average molecular weight is 727 g/mol. The first-order chi connectivity index (χ1) is 25.6. The first kappa shape index (κ1) is 40.3. The zero-order chi connectivity index (χ0) is 38.0. The maximum Gasteiger partial charge on any atom is 0.328 e. The maximum absolute atomic E-state index is 13.7. The van der Waals surface area contributed by atoms with Crippen LogP contribution in [0.15, 0.2) is 77.9 Å². The summed E-state index contributed by atoms with van der Waals surface area (Å²) in [5.41, 5.74) is 2.96. The fraction of sp³-hybridized carbons (Fsp3) is 0.425. The highest BCUT2D eigenvalue weighted by molar-refractivity contribution is 5.94. The molecule has 0 unspecified atom stereocenters. The van der Waals surface area contributed by atoms with Crippen molar-refractivity contribution in [3.63, 3.8) is 0 Å². The number of carbonyl (C=O) groups is 5. The number of aromatic nitrogens is 1. The number of ketones is 1. The number of pyridine rings is 1. The summed E-state index contributed by atoms with van der Waals surface area (Å²) in [6.45, 7) is 5.27. The first-order valence-corrected chi connectivity index (χ1v) is 18.1. The number of nitrogens with zero attached hydrogens (tertiary/aromatic N) is 2. The van der Waals surface area contributed by atoms with Crippen LogP contribution in [0.1, 0.15) is 79.6 Å². The molecule has 0 saturated heterocycles. The number of carbonyl (C=O) groups excluding carboxylic acids is 5. The van der Waals surface area contributed by atoms with Gasteiger partial charge in [-0.15, -0.1) is 0 Å². The van der Waals surface area contributed by atoms with Gasteiger partial charge in [0.2, 0.25) is 11.8 Å². The van der Waals surface area contributed by atoms with E-state index in [1.807, 2.05) is 56.3 Å². The second-order valence-electron chi connectivity index (χ2n) is 13.5. The molecule has 3 heterocycles. The van der Waals surface area contributed by atoms with Gasteiger partial charge in [0.1, 0.15) is 5.75 Å². The van der Waals surface area contributed by atoms with E-state index in [0.29, 0.717) is 63.2 Å². The van der Waals surface area contributed by atoms with Crippen LogP contribution in [0.5, 0.6) is 5.75 Å². The number of benzene rings is 2. The molecule has 13 nitrogen and oxygen atoms in total. The molecule has 0 saturated carbocycles. The molecule has 3 atom stereocenters. The van der Waals surface area contributed by atoms with Gasteiger partial charge in [0, 0.05) is 38.3 Å². The van der Waals surface area contributed by atoms with Crippen molar-refractivity contribution in [3.8, 4) is 5.75 Å². The van der Waals surface area contributed by atoms with Crippen molar-refractivity contribution in [1.29, 1.82) is 0 Å². The SMILES string of the molecule is CC(C)C[C@H]1C(=O)N[C@H](C(=O)CCC(=O)NCCCNC(=O)c2ccc(CN=Cc3ccccc3)nc2)Cc2ccc(cc2)OCCC[C@@H]1C(=O)ON. The minimum atomic E-state index is -0.921. The van der Waals surface area contributed by atoms with Crippen LogP contribution in [0.2, 0.25) is 0 Å². The molecule has 0 fully saturated rings. The molecule has 3 aromatic rings. The van der Waals surface area contributed by atoms with Crippen molar-refractivity contribution in [2.75, 3.05) is 19.7 Å².